The van der Waals surface area contributed by atoms with Crippen LogP contribution in [0.15, 0.2) is 77.4 Å². The number of nitriles is 1. The Morgan fingerprint density at radius 2 is 1.68 bits per heavy atom. The maximum absolute atomic E-state index is 13.4. The van der Waals surface area contributed by atoms with Gasteiger partial charge in [-0.05, 0) is 60.9 Å². The number of carbonyl (C=O) groups excluding carboxylic acids is 2. The van der Waals surface area contributed by atoms with Gasteiger partial charge in [0.05, 0.1) is 13.7 Å². The second-order valence-electron chi connectivity index (χ2n) is 8.79. The molecule has 0 radical (unpaired) electrons. The predicted molar refractivity (Wildman–Crippen MR) is 147 cm³/mol. The Balaban J connectivity index is 1.63. The fourth-order valence-electron chi connectivity index (χ4n) is 4.00. The van der Waals surface area contributed by atoms with Crippen molar-refractivity contribution in [1.82, 2.24) is 4.90 Å². The van der Waals surface area contributed by atoms with Crippen LogP contribution in [0, 0.1) is 18.3 Å². The molecule has 0 aromatic heterocycles. The van der Waals surface area contributed by atoms with Crippen LogP contribution in [0.25, 0.3) is 6.08 Å². The molecule has 0 fully saturated rings. The van der Waals surface area contributed by atoms with Crippen molar-refractivity contribution in [3.05, 3.63) is 110 Å². The molecular weight excluding hydrogens is 523 g/mol. The smallest absolute Gasteiger partial charge is 0.271 e. The molecule has 0 N–H and O–H groups in total. The number of halogens is 2. The molecule has 0 aliphatic carbocycles. The number of hydrogen-bond acceptors (Lipinski definition) is 5. The van der Waals surface area contributed by atoms with Crippen LogP contribution in [-0.2, 0) is 22.7 Å². The van der Waals surface area contributed by atoms with Crippen molar-refractivity contribution in [3.8, 4) is 17.6 Å². The highest BCUT2D eigenvalue weighted by Gasteiger charge is 2.35. The maximum atomic E-state index is 13.4. The minimum Gasteiger partial charge on any atom is -0.493 e. The van der Waals surface area contributed by atoms with Crippen LogP contribution in [0.2, 0.25) is 10.0 Å². The van der Waals surface area contributed by atoms with Crippen molar-refractivity contribution in [2.24, 2.45) is 0 Å². The molecule has 0 saturated heterocycles. The first-order valence-corrected chi connectivity index (χ1v) is 12.5. The Morgan fingerprint density at radius 1 is 0.947 bits per heavy atom. The lowest BCUT2D eigenvalue weighted by molar-refractivity contribution is -0.141. The lowest BCUT2D eigenvalue weighted by atomic mass is 9.93. The van der Waals surface area contributed by atoms with Gasteiger partial charge in [0.1, 0.15) is 18.2 Å². The van der Waals surface area contributed by atoms with Crippen LogP contribution in [0.5, 0.6) is 11.5 Å². The summed E-state index contributed by atoms with van der Waals surface area (Å²) in [5.41, 5.74) is 3.80. The summed E-state index contributed by atoms with van der Waals surface area (Å²) in [4.78, 5) is 27.5. The molecular formula is C30H24Cl2N2O4. The quantitative estimate of drug-likeness (QED) is 0.244. The summed E-state index contributed by atoms with van der Waals surface area (Å²) in [6, 6.07) is 19.9. The van der Waals surface area contributed by atoms with Gasteiger partial charge in [0.2, 0.25) is 0 Å². The lowest BCUT2D eigenvalue weighted by Gasteiger charge is -2.27. The highest BCUT2D eigenvalue weighted by atomic mass is 35.5. The summed E-state index contributed by atoms with van der Waals surface area (Å²) in [7, 11) is 1.51. The zero-order valence-corrected chi connectivity index (χ0v) is 22.6. The normalized spacial score (nSPS) is 14.6. The molecule has 0 saturated carbocycles. The number of rotatable bonds is 7. The van der Waals surface area contributed by atoms with Gasteiger partial charge in [-0.3, -0.25) is 14.5 Å². The summed E-state index contributed by atoms with van der Waals surface area (Å²) >= 11 is 12.2. The third kappa shape index (κ3) is 5.75. The first kappa shape index (κ1) is 27.0. The monoisotopic (exact) mass is 546 g/mol. The average molecular weight is 547 g/mol. The van der Waals surface area contributed by atoms with Crippen molar-refractivity contribution >= 4 is 41.1 Å². The average Bonchev–Trinajstić information content (AvgIpc) is 2.90. The molecule has 1 heterocycles. The van der Waals surface area contributed by atoms with E-state index >= 15 is 0 Å². The minimum atomic E-state index is -0.602. The number of benzene rings is 3. The molecule has 0 atom stereocenters. The standard InChI is InChI=1S/C30H24Cl2N2O4/c1-18-4-6-20(7-5-18)16-34-29(35)24(19(2)25(15-33)30(34)36)12-21-8-11-27(28(13-21)37-3)38-17-22-9-10-23(31)14-26(22)32/h4-14H,16-17H2,1-3H3/b24-12+. The van der Waals surface area contributed by atoms with Gasteiger partial charge < -0.3 is 9.47 Å². The molecule has 8 heteroatoms. The molecule has 192 valence electrons. The van der Waals surface area contributed by atoms with Gasteiger partial charge in [0, 0.05) is 21.2 Å². The second-order valence-corrected chi connectivity index (χ2v) is 9.63. The van der Waals surface area contributed by atoms with Gasteiger partial charge in [0.25, 0.3) is 11.8 Å². The minimum absolute atomic E-state index is 0.0604. The summed E-state index contributed by atoms with van der Waals surface area (Å²) in [6.45, 7) is 3.83. The first-order chi connectivity index (χ1) is 18.2. The molecule has 1 aliphatic rings. The van der Waals surface area contributed by atoms with Crippen LogP contribution in [0.3, 0.4) is 0 Å². The molecule has 38 heavy (non-hydrogen) atoms. The molecule has 3 aromatic rings. The van der Waals surface area contributed by atoms with Gasteiger partial charge in [-0.25, -0.2) is 0 Å². The summed E-state index contributed by atoms with van der Waals surface area (Å²) in [5.74, 6) is -0.141. The van der Waals surface area contributed by atoms with E-state index in [1.165, 1.54) is 7.11 Å². The predicted octanol–water partition coefficient (Wildman–Crippen LogP) is 6.68. The Hall–Kier alpha value is -4.05. The van der Waals surface area contributed by atoms with E-state index in [2.05, 4.69) is 0 Å². The van der Waals surface area contributed by atoms with Crippen molar-refractivity contribution in [2.75, 3.05) is 7.11 Å². The lowest BCUT2D eigenvalue weighted by Crippen LogP contribution is -2.42. The molecule has 0 bridgehead atoms. The maximum Gasteiger partial charge on any atom is 0.271 e. The van der Waals surface area contributed by atoms with E-state index in [9.17, 15) is 14.9 Å². The third-order valence-electron chi connectivity index (χ3n) is 6.18. The highest BCUT2D eigenvalue weighted by molar-refractivity contribution is 6.35. The molecule has 0 unspecified atom stereocenters. The van der Waals surface area contributed by atoms with Gasteiger partial charge in [-0.15, -0.1) is 0 Å². The van der Waals surface area contributed by atoms with E-state index in [0.717, 1.165) is 21.6 Å². The van der Waals surface area contributed by atoms with E-state index in [1.54, 1.807) is 49.4 Å². The molecule has 3 aromatic carbocycles. The second kappa shape index (κ2) is 11.6. The Bertz CT molecular complexity index is 1520. The molecule has 4 rings (SSSR count). The largest absolute Gasteiger partial charge is 0.493 e. The van der Waals surface area contributed by atoms with E-state index in [1.807, 2.05) is 37.3 Å². The number of aryl methyl sites for hydroxylation is 1. The first-order valence-electron chi connectivity index (χ1n) is 11.7. The number of carbonyl (C=O) groups is 2. The van der Waals surface area contributed by atoms with Gasteiger partial charge >= 0.3 is 0 Å². The molecule has 0 spiro atoms. The third-order valence-corrected chi connectivity index (χ3v) is 6.77. The fraction of sp³-hybridized carbons (Fsp3) is 0.167. The number of methoxy groups -OCH3 is 1. The van der Waals surface area contributed by atoms with Gasteiger partial charge in [0.15, 0.2) is 11.5 Å². The number of hydrogen-bond donors (Lipinski definition) is 0. The Kier molecular flexibility index (Phi) is 8.21. The molecule has 2 amide bonds. The summed E-state index contributed by atoms with van der Waals surface area (Å²) in [6.07, 6.45) is 1.64. The van der Waals surface area contributed by atoms with Gasteiger partial charge in [-0.2, -0.15) is 5.26 Å². The van der Waals surface area contributed by atoms with E-state index in [-0.39, 0.29) is 24.3 Å². The van der Waals surface area contributed by atoms with Crippen LogP contribution in [0.4, 0.5) is 0 Å². The molecule has 6 nitrogen and oxygen atoms in total. The zero-order chi connectivity index (χ0) is 27.4. The summed E-state index contributed by atoms with van der Waals surface area (Å²) < 4.78 is 11.4. The van der Waals surface area contributed by atoms with Crippen molar-refractivity contribution in [2.45, 2.75) is 27.0 Å². The van der Waals surface area contributed by atoms with Crippen molar-refractivity contribution < 1.29 is 19.1 Å². The van der Waals surface area contributed by atoms with Crippen LogP contribution in [0.1, 0.15) is 29.2 Å². The SMILES string of the molecule is COc1cc(/C=C2/C(=O)N(Cc3ccc(C)cc3)C(=O)C(C#N)=C2C)ccc1OCc1ccc(Cl)cc1Cl. The number of amides is 2. The number of nitrogens with zero attached hydrogens (tertiary/aromatic N) is 2. The van der Waals surface area contributed by atoms with Crippen molar-refractivity contribution in [3.63, 3.8) is 0 Å². The Labute approximate surface area is 231 Å². The van der Waals surface area contributed by atoms with Gasteiger partial charge in [-0.1, -0.05) is 65.2 Å². The Morgan fingerprint density at radius 3 is 2.34 bits per heavy atom. The van der Waals surface area contributed by atoms with E-state index in [4.69, 9.17) is 32.7 Å². The number of imide groups is 1. The fourth-order valence-corrected chi connectivity index (χ4v) is 4.47. The topological polar surface area (TPSA) is 79.6 Å². The van der Waals surface area contributed by atoms with Crippen molar-refractivity contribution in [1.29, 1.82) is 5.26 Å². The number of ether oxygens (including phenoxy) is 2. The molecule has 1 aliphatic heterocycles. The van der Waals surface area contributed by atoms with E-state index in [0.29, 0.717) is 32.7 Å². The zero-order valence-electron chi connectivity index (χ0n) is 21.0. The van der Waals surface area contributed by atoms with E-state index < -0.39 is 11.8 Å². The summed E-state index contributed by atoms with van der Waals surface area (Å²) in [5, 5.41) is 10.7. The van der Waals surface area contributed by atoms with Crippen LogP contribution < -0.4 is 9.47 Å². The van der Waals surface area contributed by atoms with Crippen LogP contribution in [-0.4, -0.2) is 23.8 Å². The van der Waals surface area contributed by atoms with Crippen LogP contribution >= 0.6 is 23.2 Å². The highest BCUT2D eigenvalue weighted by Crippen LogP contribution is 2.33.